The Bertz CT molecular complexity index is 1070. The van der Waals surface area contributed by atoms with E-state index in [4.69, 9.17) is 0 Å². The smallest absolute Gasteiger partial charge is 0.251 e. The minimum atomic E-state index is -1.06. The van der Waals surface area contributed by atoms with Crippen LogP contribution in [0.15, 0.2) is 48.8 Å². The van der Waals surface area contributed by atoms with Gasteiger partial charge in [-0.15, -0.1) is 0 Å². The molecule has 178 valence electrons. The summed E-state index contributed by atoms with van der Waals surface area (Å²) < 4.78 is 13.6. The summed E-state index contributed by atoms with van der Waals surface area (Å²) in [5, 5.41) is 9.57. The van der Waals surface area contributed by atoms with Gasteiger partial charge in [0.25, 0.3) is 11.8 Å². The SMILES string of the molecule is CC(C)(C)c1ccc(N(C(=O)[C@H]2CCCN2C#N)C(C(=O)N2CC(F)C2)c2cccnc2)cc1. The summed E-state index contributed by atoms with van der Waals surface area (Å²) in [6, 6.07) is 9.41. The summed E-state index contributed by atoms with van der Waals surface area (Å²) in [6.07, 6.45) is 5.49. The molecule has 2 fully saturated rings. The summed E-state index contributed by atoms with van der Waals surface area (Å²) in [6.45, 7) is 6.84. The molecule has 2 aliphatic rings. The van der Waals surface area contributed by atoms with Crippen molar-refractivity contribution < 1.29 is 14.0 Å². The first-order valence-corrected chi connectivity index (χ1v) is 11.6. The van der Waals surface area contributed by atoms with Gasteiger partial charge in [0.1, 0.15) is 18.3 Å². The fourth-order valence-electron chi connectivity index (χ4n) is 4.55. The predicted octanol–water partition coefficient (Wildman–Crippen LogP) is 3.58. The lowest BCUT2D eigenvalue weighted by Gasteiger charge is -2.41. The van der Waals surface area contributed by atoms with Gasteiger partial charge in [-0.1, -0.05) is 39.0 Å². The van der Waals surface area contributed by atoms with Crippen LogP contribution in [-0.4, -0.2) is 58.4 Å². The fraction of sp³-hybridized carbons (Fsp3) is 0.462. The van der Waals surface area contributed by atoms with Crippen molar-refractivity contribution in [2.45, 2.75) is 57.3 Å². The summed E-state index contributed by atoms with van der Waals surface area (Å²) in [7, 11) is 0. The lowest BCUT2D eigenvalue weighted by molar-refractivity contribution is -0.141. The Morgan fingerprint density at radius 1 is 1.21 bits per heavy atom. The van der Waals surface area contributed by atoms with Crippen LogP contribution in [0.2, 0.25) is 0 Å². The average molecular weight is 464 g/mol. The van der Waals surface area contributed by atoms with Crippen LogP contribution in [0.3, 0.4) is 0 Å². The number of halogens is 1. The lowest BCUT2D eigenvalue weighted by Crippen LogP contribution is -2.57. The van der Waals surface area contributed by atoms with Gasteiger partial charge in [0.05, 0.1) is 13.1 Å². The van der Waals surface area contributed by atoms with Crippen LogP contribution in [0, 0.1) is 11.5 Å². The largest absolute Gasteiger partial charge is 0.335 e. The molecule has 1 aromatic heterocycles. The highest BCUT2D eigenvalue weighted by molar-refractivity contribution is 6.04. The molecule has 2 aromatic rings. The molecule has 2 atom stereocenters. The van der Waals surface area contributed by atoms with Crippen molar-refractivity contribution >= 4 is 17.5 Å². The van der Waals surface area contributed by atoms with Crippen molar-refractivity contribution in [2.75, 3.05) is 24.5 Å². The summed E-state index contributed by atoms with van der Waals surface area (Å²) in [4.78, 5) is 36.2. The van der Waals surface area contributed by atoms with Crippen LogP contribution in [0.4, 0.5) is 10.1 Å². The predicted molar refractivity (Wildman–Crippen MR) is 126 cm³/mol. The van der Waals surface area contributed by atoms with Crippen molar-refractivity contribution in [3.8, 4) is 6.19 Å². The number of nitrogens with zero attached hydrogens (tertiary/aromatic N) is 5. The number of likely N-dealkylation sites (tertiary alicyclic amines) is 2. The van der Waals surface area contributed by atoms with Gasteiger partial charge in [-0.3, -0.25) is 24.4 Å². The summed E-state index contributed by atoms with van der Waals surface area (Å²) >= 11 is 0. The highest BCUT2D eigenvalue weighted by Crippen LogP contribution is 2.34. The molecule has 7 nitrogen and oxygen atoms in total. The van der Waals surface area contributed by atoms with Crippen molar-refractivity contribution in [1.82, 2.24) is 14.8 Å². The third-order valence-corrected chi connectivity index (χ3v) is 6.56. The van der Waals surface area contributed by atoms with Gasteiger partial charge in [0.15, 0.2) is 6.19 Å². The van der Waals surface area contributed by atoms with E-state index in [0.29, 0.717) is 24.2 Å². The van der Waals surface area contributed by atoms with Crippen molar-refractivity contribution in [3.63, 3.8) is 0 Å². The van der Waals surface area contributed by atoms with E-state index in [1.807, 2.05) is 24.3 Å². The minimum Gasteiger partial charge on any atom is -0.335 e. The quantitative estimate of drug-likeness (QED) is 0.633. The Morgan fingerprint density at radius 3 is 2.47 bits per heavy atom. The molecule has 0 saturated carbocycles. The zero-order chi connectivity index (χ0) is 24.5. The second-order valence-corrected chi connectivity index (χ2v) is 9.99. The molecule has 8 heteroatoms. The van der Waals surface area contributed by atoms with E-state index in [2.05, 4.69) is 31.9 Å². The number of carbonyl (C=O) groups is 2. The zero-order valence-corrected chi connectivity index (χ0v) is 19.8. The van der Waals surface area contributed by atoms with Crippen molar-refractivity contribution in [3.05, 3.63) is 59.9 Å². The molecule has 34 heavy (non-hydrogen) atoms. The molecule has 0 spiro atoms. The first-order chi connectivity index (χ1) is 16.2. The number of pyridine rings is 1. The molecule has 0 bridgehead atoms. The number of hydrogen-bond acceptors (Lipinski definition) is 5. The maximum Gasteiger partial charge on any atom is 0.251 e. The number of aromatic nitrogens is 1. The minimum absolute atomic E-state index is 0.00827. The summed E-state index contributed by atoms with van der Waals surface area (Å²) in [5.41, 5.74) is 2.12. The van der Waals surface area contributed by atoms with Gasteiger partial charge in [0, 0.05) is 30.2 Å². The Hall–Kier alpha value is -3.47. The standard InChI is InChI=1S/C26H30FN5O2/c1-26(2,3)19-8-10-21(11-9-19)32(24(33)22-7-5-13-30(22)17-28)23(18-6-4-12-29-14-18)25(34)31-15-20(27)16-31/h4,6,8-12,14,20,22-23H,5,7,13,15-16H2,1-3H3/t22-,23?/m1/s1. The monoisotopic (exact) mass is 463 g/mol. The number of rotatable bonds is 5. The van der Waals surface area contributed by atoms with Crippen LogP contribution in [-0.2, 0) is 15.0 Å². The molecule has 3 heterocycles. The van der Waals surface area contributed by atoms with Gasteiger partial charge in [-0.25, -0.2) is 4.39 Å². The fourth-order valence-corrected chi connectivity index (χ4v) is 4.55. The van der Waals surface area contributed by atoms with E-state index in [1.54, 1.807) is 24.5 Å². The van der Waals surface area contributed by atoms with E-state index >= 15 is 0 Å². The highest BCUT2D eigenvalue weighted by Gasteiger charge is 2.43. The molecule has 1 unspecified atom stereocenters. The van der Waals surface area contributed by atoms with Crippen LogP contribution in [0.1, 0.15) is 50.8 Å². The van der Waals surface area contributed by atoms with Gasteiger partial charge in [-0.05, 0) is 42.0 Å². The third-order valence-electron chi connectivity index (χ3n) is 6.56. The van der Waals surface area contributed by atoms with Crippen molar-refractivity contribution in [2.24, 2.45) is 0 Å². The number of benzene rings is 1. The van der Waals surface area contributed by atoms with Crippen molar-refractivity contribution in [1.29, 1.82) is 5.26 Å². The van der Waals surface area contributed by atoms with E-state index in [1.165, 1.54) is 14.7 Å². The molecule has 2 aliphatic heterocycles. The van der Waals surface area contributed by atoms with Gasteiger partial charge >= 0.3 is 0 Å². The van der Waals surface area contributed by atoms with E-state index < -0.39 is 18.3 Å². The molecule has 0 aliphatic carbocycles. The Morgan fingerprint density at radius 2 is 1.91 bits per heavy atom. The number of alkyl halides is 1. The first kappa shape index (κ1) is 23.7. The molecule has 0 N–H and O–H groups in total. The number of amides is 2. The molecule has 2 amide bonds. The lowest BCUT2D eigenvalue weighted by atomic mass is 9.87. The Balaban J connectivity index is 1.81. The van der Waals surface area contributed by atoms with E-state index in [0.717, 1.165) is 12.0 Å². The second-order valence-electron chi connectivity index (χ2n) is 9.99. The Labute approximate surface area is 199 Å². The number of nitriles is 1. The first-order valence-electron chi connectivity index (χ1n) is 11.6. The summed E-state index contributed by atoms with van der Waals surface area (Å²) in [5.74, 6) is -0.668. The molecule has 2 saturated heterocycles. The number of carbonyl (C=O) groups excluding carboxylic acids is 2. The zero-order valence-electron chi connectivity index (χ0n) is 19.8. The Kier molecular flexibility index (Phi) is 6.56. The van der Waals surface area contributed by atoms with E-state index in [-0.39, 0.29) is 30.3 Å². The molecule has 0 radical (unpaired) electrons. The van der Waals surface area contributed by atoms with Crippen LogP contribution in [0.25, 0.3) is 0 Å². The molecular formula is C26H30FN5O2. The maximum atomic E-state index is 14.0. The highest BCUT2D eigenvalue weighted by atomic mass is 19.1. The maximum absolute atomic E-state index is 14.0. The number of hydrogen-bond donors (Lipinski definition) is 0. The van der Waals surface area contributed by atoms with Crippen LogP contribution in [0.5, 0.6) is 0 Å². The topological polar surface area (TPSA) is 80.5 Å². The third kappa shape index (κ3) is 4.60. The molecule has 4 rings (SSSR count). The number of anilines is 1. The van der Waals surface area contributed by atoms with E-state index in [9.17, 15) is 19.2 Å². The normalized spacial score (nSPS) is 19.3. The van der Waals surface area contributed by atoms with Gasteiger partial charge in [-0.2, -0.15) is 5.26 Å². The van der Waals surface area contributed by atoms with Gasteiger partial charge in [0.2, 0.25) is 0 Å². The average Bonchev–Trinajstić information content (AvgIpc) is 3.29. The van der Waals surface area contributed by atoms with Crippen LogP contribution < -0.4 is 4.90 Å². The second kappa shape index (κ2) is 9.41. The molecular weight excluding hydrogens is 433 g/mol. The molecule has 1 aromatic carbocycles. The van der Waals surface area contributed by atoms with Gasteiger partial charge < -0.3 is 4.90 Å². The van der Waals surface area contributed by atoms with Crippen LogP contribution >= 0.6 is 0 Å².